The first-order valence-electron chi connectivity index (χ1n) is 6.98. The minimum Gasteiger partial charge on any atom is -0.469 e. The average Bonchev–Trinajstić information content (AvgIpc) is 2.88. The molecule has 0 aromatic carbocycles. The van der Waals surface area contributed by atoms with Crippen molar-refractivity contribution in [1.82, 2.24) is 10.2 Å². The van der Waals surface area contributed by atoms with Crippen LogP contribution in [0.3, 0.4) is 0 Å². The van der Waals surface area contributed by atoms with Crippen LogP contribution < -0.4 is 5.32 Å². The number of carbonyl (C=O) groups excluding carboxylic acids is 1. The van der Waals surface area contributed by atoms with Crippen molar-refractivity contribution in [3.05, 3.63) is 23.7 Å². The van der Waals surface area contributed by atoms with Gasteiger partial charge in [0.15, 0.2) is 0 Å². The predicted molar refractivity (Wildman–Crippen MR) is 71.9 cm³/mol. The number of hydrogen-bond acceptors (Lipinski definition) is 3. The quantitative estimate of drug-likeness (QED) is 0.857. The molecule has 1 aliphatic carbocycles. The van der Waals surface area contributed by atoms with Crippen LogP contribution in [0.5, 0.6) is 0 Å². The van der Waals surface area contributed by atoms with Crippen LogP contribution in [0.15, 0.2) is 16.7 Å². The molecule has 0 bridgehead atoms. The number of furan rings is 1. The second kappa shape index (κ2) is 6.61. The molecule has 1 atom stereocenters. The number of aliphatic hydroxyl groups excluding tert-OH is 1. The summed E-state index contributed by atoms with van der Waals surface area (Å²) in [6.07, 6.45) is 5.49. The molecule has 1 unspecified atom stereocenters. The van der Waals surface area contributed by atoms with E-state index in [0.717, 1.165) is 37.0 Å². The Kier molecular flexibility index (Phi) is 4.85. The molecule has 19 heavy (non-hydrogen) atoms. The van der Waals surface area contributed by atoms with E-state index < -0.39 is 0 Å². The van der Waals surface area contributed by atoms with Crippen LogP contribution in [-0.4, -0.2) is 35.7 Å². The predicted octanol–water partition coefficient (Wildman–Crippen LogP) is 2.07. The first-order chi connectivity index (χ1) is 9.26. The Hall–Kier alpha value is -1.49. The summed E-state index contributed by atoms with van der Waals surface area (Å²) in [7, 11) is 0. The maximum atomic E-state index is 12.2. The lowest BCUT2D eigenvalue weighted by molar-refractivity contribution is 0.172. The largest absolute Gasteiger partial charge is 0.469 e. The molecule has 2 N–H and O–H groups in total. The smallest absolute Gasteiger partial charge is 0.317 e. The molecular weight excluding hydrogens is 244 g/mol. The highest BCUT2D eigenvalue weighted by Crippen LogP contribution is 2.30. The normalized spacial score (nSPS) is 17.9. The van der Waals surface area contributed by atoms with Gasteiger partial charge in [0.2, 0.25) is 0 Å². The molecule has 1 aromatic rings. The molecule has 0 aliphatic heterocycles. The zero-order chi connectivity index (χ0) is 13.7. The number of nitrogens with one attached hydrogen (secondary N) is 1. The first kappa shape index (κ1) is 13.9. The van der Waals surface area contributed by atoms with Crippen LogP contribution in [0.1, 0.15) is 43.6 Å². The molecule has 0 saturated carbocycles. The van der Waals surface area contributed by atoms with E-state index in [1.165, 1.54) is 0 Å². The van der Waals surface area contributed by atoms with Gasteiger partial charge in [0, 0.05) is 25.1 Å². The van der Waals surface area contributed by atoms with E-state index in [2.05, 4.69) is 5.32 Å². The highest BCUT2D eigenvalue weighted by atomic mass is 16.3. The van der Waals surface area contributed by atoms with Crippen molar-refractivity contribution in [3.8, 4) is 0 Å². The lowest BCUT2D eigenvalue weighted by atomic mass is 9.93. The average molecular weight is 266 g/mol. The third-order valence-electron chi connectivity index (χ3n) is 3.50. The van der Waals surface area contributed by atoms with Gasteiger partial charge in [0.1, 0.15) is 5.76 Å². The second-order valence-electron chi connectivity index (χ2n) is 4.90. The number of amides is 2. The van der Waals surface area contributed by atoms with Crippen LogP contribution in [0.2, 0.25) is 0 Å². The molecule has 5 heteroatoms. The van der Waals surface area contributed by atoms with Crippen molar-refractivity contribution in [2.75, 3.05) is 19.7 Å². The van der Waals surface area contributed by atoms with Crippen molar-refractivity contribution in [3.63, 3.8) is 0 Å². The molecule has 2 amide bonds. The van der Waals surface area contributed by atoms with Gasteiger partial charge in [-0.1, -0.05) is 6.92 Å². The van der Waals surface area contributed by atoms with Crippen molar-refractivity contribution >= 4 is 6.03 Å². The molecule has 0 spiro atoms. The third-order valence-corrected chi connectivity index (χ3v) is 3.50. The van der Waals surface area contributed by atoms with E-state index in [-0.39, 0.29) is 18.7 Å². The first-order valence-corrected chi connectivity index (χ1v) is 6.98. The van der Waals surface area contributed by atoms with Gasteiger partial charge in [0.05, 0.1) is 18.9 Å². The summed E-state index contributed by atoms with van der Waals surface area (Å²) >= 11 is 0. The van der Waals surface area contributed by atoms with Crippen molar-refractivity contribution < 1.29 is 14.3 Å². The maximum Gasteiger partial charge on any atom is 0.317 e. The zero-order valence-corrected chi connectivity index (χ0v) is 11.4. The van der Waals surface area contributed by atoms with Crippen LogP contribution in [0.4, 0.5) is 4.79 Å². The SMILES string of the molecule is CCCN(CCO)C(=O)NC1CCCc2occc21. The van der Waals surface area contributed by atoms with E-state index in [1.807, 2.05) is 13.0 Å². The topological polar surface area (TPSA) is 65.7 Å². The Balaban J connectivity index is 1.99. The van der Waals surface area contributed by atoms with Gasteiger partial charge in [-0.15, -0.1) is 0 Å². The second-order valence-corrected chi connectivity index (χ2v) is 4.90. The number of aryl methyl sites for hydroxylation is 1. The number of carbonyl (C=O) groups is 1. The van der Waals surface area contributed by atoms with Crippen LogP contribution in [-0.2, 0) is 6.42 Å². The van der Waals surface area contributed by atoms with Crippen molar-refractivity contribution in [2.45, 2.75) is 38.6 Å². The highest BCUT2D eigenvalue weighted by molar-refractivity contribution is 5.74. The van der Waals surface area contributed by atoms with E-state index in [0.29, 0.717) is 13.1 Å². The van der Waals surface area contributed by atoms with Crippen LogP contribution >= 0.6 is 0 Å². The molecule has 2 rings (SSSR count). The monoisotopic (exact) mass is 266 g/mol. The number of nitrogens with zero attached hydrogens (tertiary/aromatic N) is 1. The summed E-state index contributed by atoms with van der Waals surface area (Å²) < 4.78 is 5.42. The van der Waals surface area contributed by atoms with Gasteiger partial charge >= 0.3 is 6.03 Å². The molecule has 1 heterocycles. The molecule has 1 aliphatic rings. The number of hydrogen-bond donors (Lipinski definition) is 2. The fourth-order valence-corrected chi connectivity index (χ4v) is 2.58. The molecule has 0 fully saturated rings. The maximum absolute atomic E-state index is 12.2. The van der Waals surface area contributed by atoms with Gasteiger partial charge in [-0.25, -0.2) is 4.79 Å². The molecular formula is C14H22N2O3. The van der Waals surface area contributed by atoms with Gasteiger partial charge in [0.25, 0.3) is 0 Å². The molecule has 106 valence electrons. The minimum absolute atomic E-state index is 0.00491. The zero-order valence-electron chi connectivity index (χ0n) is 11.4. The van der Waals surface area contributed by atoms with E-state index in [1.54, 1.807) is 11.2 Å². The Bertz CT molecular complexity index is 411. The fourth-order valence-electron chi connectivity index (χ4n) is 2.58. The van der Waals surface area contributed by atoms with Gasteiger partial charge in [-0.2, -0.15) is 0 Å². The third kappa shape index (κ3) is 3.29. The van der Waals surface area contributed by atoms with E-state index >= 15 is 0 Å². The summed E-state index contributed by atoms with van der Waals surface area (Å²) in [5.41, 5.74) is 1.10. The molecule has 5 nitrogen and oxygen atoms in total. The van der Waals surface area contributed by atoms with Crippen LogP contribution in [0.25, 0.3) is 0 Å². The molecule has 0 saturated heterocycles. The van der Waals surface area contributed by atoms with E-state index in [4.69, 9.17) is 9.52 Å². The summed E-state index contributed by atoms with van der Waals surface area (Å²) in [6.45, 7) is 3.06. The Morgan fingerprint density at radius 3 is 3.16 bits per heavy atom. The van der Waals surface area contributed by atoms with Gasteiger partial charge in [-0.3, -0.25) is 0 Å². The number of urea groups is 1. The van der Waals surface area contributed by atoms with Gasteiger partial charge in [-0.05, 0) is 25.3 Å². The molecule has 0 radical (unpaired) electrons. The Labute approximate surface area is 113 Å². The summed E-state index contributed by atoms with van der Waals surface area (Å²) in [5.74, 6) is 0.987. The molecule has 1 aromatic heterocycles. The summed E-state index contributed by atoms with van der Waals surface area (Å²) in [4.78, 5) is 13.9. The number of rotatable bonds is 5. The highest BCUT2D eigenvalue weighted by Gasteiger charge is 2.25. The van der Waals surface area contributed by atoms with Crippen molar-refractivity contribution in [2.24, 2.45) is 0 Å². The Morgan fingerprint density at radius 1 is 1.58 bits per heavy atom. The number of aliphatic hydroxyl groups is 1. The van der Waals surface area contributed by atoms with Crippen molar-refractivity contribution in [1.29, 1.82) is 0 Å². The van der Waals surface area contributed by atoms with Crippen LogP contribution in [0, 0.1) is 0 Å². The lowest BCUT2D eigenvalue weighted by Crippen LogP contribution is -2.43. The summed E-state index contributed by atoms with van der Waals surface area (Å²) in [6, 6.07) is 1.87. The standard InChI is InChI=1S/C14H22N2O3/c1-2-7-16(8-9-17)14(18)15-12-4-3-5-13-11(12)6-10-19-13/h6,10,12,17H,2-5,7-9H2,1H3,(H,15,18). The fraction of sp³-hybridized carbons (Fsp3) is 0.643. The minimum atomic E-state index is -0.102. The van der Waals surface area contributed by atoms with E-state index in [9.17, 15) is 4.79 Å². The Morgan fingerprint density at radius 2 is 2.42 bits per heavy atom. The lowest BCUT2D eigenvalue weighted by Gasteiger charge is -2.27. The summed E-state index contributed by atoms with van der Waals surface area (Å²) in [5, 5.41) is 12.1. The number of fused-ring (bicyclic) bond motifs is 1. The van der Waals surface area contributed by atoms with Gasteiger partial charge < -0.3 is 19.7 Å².